The Kier molecular flexibility index (Phi) is 4.76. The van der Waals surface area contributed by atoms with E-state index < -0.39 is 0 Å². The van der Waals surface area contributed by atoms with E-state index in [4.69, 9.17) is 4.74 Å². The summed E-state index contributed by atoms with van der Waals surface area (Å²) in [6.45, 7) is 9.19. The summed E-state index contributed by atoms with van der Waals surface area (Å²) in [7, 11) is 1.73. The molecule has 0 aliphatic carbocycles. The van der Waals surface area contributed by atoms with Crippen LogP contribution < -0.4 is 10.2 Å². The molecule has 0 radical (unpaired) electrons. The van der Waals surface area contributed by atoms with Crippen LogP contribution in [0, 0.1) is 5.92 Å². The number of nitrogens with one attached hydrogen (secondary N) is 2. The predicted molar refractivity (Wildman–Crippen MR) is 75.4 cm³/mol. The largest absolute Gasteiger partial charge is 0.384 e. The average Bonchev–Trinajstić information content (AvgIpc) is 2.76. The standard InChI is InChI=1S/C13H25N5O/c1-9(8-19-4)5-12-15-13(17-16-12)18-6-10(2)14-11(3)7-18/h9-11,14H,5-8H2,1-4H3,(H,15,16,17). The number of ether oxygens (including phenoxy) is 1. The molecule has 0 spiro atoms. The highest BCUT2D eigenvalue weighted by Crippen LogP contribution is 2.14. The first-order chi connectivity index (χ1) is 9.08. The van der Waals surface area contributed by atoms with Crippen molar-refractivity contribution in [3.05, 3.63) is 5.82 Å². The van der Waals surface area contributed by atoms with Gasteiger partial charge in [-0.2, -0.15) is 4.98 Å². The van der Waals surface area contributed by atoms with Crippen molar-refractivity contribution in [2.45, 2.75) is 39.3 Å². The van der Waals surface area contributed by atoms with Crippen molar-refractivity contribution in [3.8, 4) is 0 Å². The topological polar surface area (TPSA) is 66.1 Å². The van der Waals surface area contributed by atoms with Crippen LogP contribution in [0.3, 0.4) is 0 Å². The molecule has 3 unspecified atom stereocenters. The zero-order chi connectivity index (χ0) is 13.8. The lowest BCUT2D eigenvalue weighted by molar-refractivity contribution is 0.159. The summed E-state index contributed by atoms with van der Waals surface area (Å²) in [5.74, 6) is 2.21. The molecule has 3 atom stereocenters. The zero-order valence-corrected chi connectivity index (χ0v) is 12.3. The van der Waals surface area contributed by atoms with Crippen LogP contribution in [0.4, 0.5) is 5.95 Å². The van der Waals surface area contributed by atoms with Crippen LogP contribution >= 0.6 is 0 Å². The van der Waals surface area contributed by atoms with Crippen LogP contribution in [-0.2, 0) is 11.2 Å². The third kappa shape index (κ3) is 3.91. The summed E-state index contributed by atoms with van der Waals surface area (Å²) >= 11 is 0. The van der Waals surface area contributed by atoms with Gasteiger partial charge in [0.1, 0.15) is 5.82 Å². The van der Waals surface area contributed by atoms with Crippen molar-refractivity contribution >= 4 is 5.95 Å². The van der Waals surface area contributed by atoms with Gasteiger partial charge >= 0.3 is 0 Å². The Hall–Kier alpha value is -1.14. The molecular weight excluding hydrogens is 242 g/mol. The number of rotatable bonds is 5. The van der Waals surface area contributed by atoms with Gasteiger partial charge < -0.3 is 15.0 Å². The first kappa shape index (κ1) is 14.3. The lowest BCUT2D eigenvalue weighted by Crippen LogP contribution is -2.54. The summed E-state index contributed by atoms with van der Waals surface area (Å²) in [5, 5.41) is 10.9. The molecule has 1 fully saturated rings. The summed E-state index contributed by atoms with van der Waals surface area (Å²) in [6.07, 6.45) is 0.873. The van der Waals surface area contributed by atoms with Crippen LogP contribution in [0.2, 0.25) is 0 Å². The maximum Gasteiger partial charge on any atom is 0.244 e. The van der Waals surface area contributed by atoms with E-state index in [1.807, 2.05) is 0 Å². The fraction of sp³-hybridized carbons (Fsp3) is 0.846. The predicted octanol–water partition coefficient (Wildman–Crippen LogP) is 0.816. The van der Waals surface area contributed by atoms with Gasteiger partial charge in [0.15, 0.2) is 0 Å². The smallest absolute Gasteiger partial charge is 0.244 e. The van der Waals surface area contributed by atoms with Crippen LogP contribution in [0.15, 0.2) is 0 Å². The van der Waals surface area contributed by atoms with Crippen LogP contribution in [0.1, 0.15) is 26.6 Å². The van der Waals surface area contributed by atoms with Gasteiger partial charge in [-0.05, 0) is 19.8 Å². The molecule has 0 amide bonds. The first-order valence-corrected chi connectivity index (χ1v) is 6.99. The number of aromatic amines is 1. The Balaban J connectivity index is 1.96. The normalized spacial score (nSPS) is 25.6. The number of aromatic nitrogens is 3. The van der Waals surface area contributed by atoms with E-state index >= 15 is 0 Å². The fourth-order valence-electron chi connectivity index (χ4n) is 2.68. The minimum atomic E-state index is 0.451. The fourth-order valence-corrected chi connectivity index (χ4v) is 2.68. The molecule has 6 heteroatoms. The van der Waals surface area contributed by atoms with Crippen molar-refractivity contribution in [1.29, 1.82) is 0 Å². The third-order valence-corrected chi connectivity index (χ3v) is 3.35. The Morgan fingerprint density at radius 3 is 2.68 bits per heavy atom. The van der Waals surface area contributed by atoms with Gasteiger partial charge in [-0.25, -0.2) is 0 Å². The van der Waals surface area contributed by atoms with E-state index in [9.17, 15) is 0 Å². The van der Waals surface area contributed by atoms with Gasteiger partial charge in [0.05, 0.1) is 0 Å². The second-order valence-corrected chi connectivity index (χ2v) is 5.72. The number of hydrogen-bond donors (Lipinski definition) is 2. The van der Waals surface area contributed by atoms with Crippen LogP contribution in [0.25, 0.3) is 0 Å². The summed E-state index contributed by atoms with van der Waals surface area (Å²) in [5.41, 5.74) is 0. The minimum Gasteiger partial charge on any atom is -0.384 e. The van der Waals surface area contributed by atoms with Crippen molar-refractivity contribution < 1.29 is 4.74 Å². The van der Waals surface area contributed by atoms with E-state index in [0.717, 1.165) is 37.9 Å². The molecule has 108 valence electrons. The molecule has 1 aliphatic heterocycles. The third-order valence-electron chi connectivity index (χ3n) is 3.35. The highest BCUT2D eigenvalue weighted by molar-refractivity contribution is 5.30. The summed E-state index contributed by atoms with van der Waals surface area (Å²) in [6, 6.07) is 0.941. The van der Waals surface area contributed by atoms with Crippen molar-refractivity contribution in [3.63, 3.8) is 0 Å². The molecule has 0 aromatic carbocycles. The summed E-state index contributed by atoms with van der Waals surface area (Å²) in [4.78, 5) is 6.84. The average molecular weight is 267 g/mol. The highest BCUT2D eigenvalue weighted by Gasteiger charge is 2.23. The quantitative estimate of drug-likeness (QED) is 0.826. The van der Waals surface area contributed by atoms with E-state index in [1.54, 1.807) is 7.11 Å². The van der Waals surface area contributed by atoms with Crippen molar-refractivity contribution in [2.75, 3.05) is 31.7 Å². The van der Waals surface area contributed by atoms with Crippen LogP contribution in [-0.4, -0.2) is 54.1 Å². The van der Waals surface area contributed by atoms with Gasteiger partial charge in [-0.1, -0.05) is 6.92 Å². The molecule has 1 saturated heterocycles. The lowest BCUT2D eigenvalue weighted by atomic mass is 10.1. The molecular formula is C13H25N5O. The monoisotopic (exact) mass is 267 g/mol. The second kappa shape index (κ2) is 6.34. The van der Waals surface area contributed by atoms with E-state index in [0.29, 0.717) is 18.0 Å². The second-order valence-electron chi connectivity index (χ2n) is 5.72. The number of anilines is 1. The molecule has 2 N–H and O–H groups in total. The maximum absolute atomic E-state index is 5.15. The molecule has 0 bridgehead atoms. The van der Waals surface area contributed by atoms with Gasteiger partial charge in [-0.15, -0.1) is 5.10 Å². The Bertz CT molecular complexity index is 384. The van der Waals surface area contributed by atoms with E-state index in [1.165, 1.54) is 0 Å². The molecule has 1 aromatic heterocycles. The van der Waals surface area contributed by atoms with Crippen molar-refractivity contribution in [2.24, 2.45) is 5.92 Å². The SMILES string of the molecule is COCC(C)Cc1nc(N2CC(C)NC(C)C2)n[nH]1. The molecule has 1 aliphatic rings. The first-order valence-electron chi connectivity index (χ1n) is 6.99. The highest BCUT2D eigenvalue weighted by atomic mass is 16.5. The number of piperazine rings is 1. The Labute approximate surface area is 114 Å². The van der Waals surface area contributed by atoms with E-state index in [-0.39, 0.29) is 0 Å². The number of H-pyrrole nitrogens is 1. The number of nitrogens with zero attached hydrogens (tertiary/aromatic N) is 3. The molecule has 0 saturated carbocycles. The number of methoxy groups -OCH3 is 1. The van der Waals surface area contributed by atoms with Gasteiger partial charge in [0.25, 0.3) is 0 Å². The summed E-state index contributed by atoms with van der Waals surface area (Å²) < 4.78 is 5.15. The van der Waals surface area contributed by atoms with Crippen molar-refractivity contribution in [1.82, 2.24) is 20.5 Å². The molecule has 1 aromatic rings. The minimum absolute atomic E-state index is 0.451. The molecule has 19 heavy (non-hydrogen) atoms. The zero-order valence-electron chi connectivity index (χ0n) is 12.3. The van der Waals surface area contributed by atoms with Gasteiger partial charge in [0.2, 0.25) is 5.95 Å². The molecule has 2 heterocycles. The lowest BCUT2D eigenvalue weighted by Gasteiger charge is -2.35. The Morgan fingerprint density at radius 2 is 2.05 bits per heavy atom. The maximum atomic E-state index is 5.15. The van der Waals surface area contributed by atoms with Crippen LogP contribution in [0.5, 0.6) is 0 Å². The molecule has 2 rings (SSSR count). The van der Waals surface area contributed by atoms with Gasteiger partial charge in [0, 0.05) is 45.3 Å². The van der Waals surface area contributed by atoms with Gasteiger partial charge in [-0.3, -0.25) is 5.10 Å². The molecule has 6 nitrogen and oxygen atoms in total. The van der Waals surface area contributed by atoms with E-state index in [2.05, 4.69) is 46.2 Å². The Morgan fingerprint density at radius 1 is 1.37 bits per heavy atom. The number of hydrogen-bond acceptors (Lipinski definition) is 5.